The van der Waals surface area contributed by atoms with Crippen molar-refractivity contribution in [2.24, 2.45) is 0 Å². The molecule has 0 fully saturated rings. The minimum atomic E-state index is -4.04. The van der Waals surface area contributed by atoms with Gasteiger partial charge in [0.25, 0.3) is 5.69 Å². The van der Waals surface area contributed by atoms with Crippen molar-refractivity contribution in [2.75, 3.05) is 12.4 Å². The Hall–Kier alpha value is -2.98. The number of carbonyl (C=O) groups excluding carboxylic acids is 1. The van der Waals surface area contributed by atoms with E-state index in [2.05, 4.69) is 10.0 Å². The molecule has 1 amide bonds. The third-order valence-electron chi connectivity index (χ3n) is 4.09. The molecule has 2 rings (SSSR count). The van der Waals surface area contributed by atoms with E-state index in [1.165, 1.54) is 51.3 Å². The third-order valence-corrected chi connectivity index (χ3v) is 5.66. The molecule has 0 radical (unpaired) electrons. The van der Waals surface area contributed by atoms with E-state index >= 15 is 0 Å². The molecule has 2 aromatic rings. The number of benzene rings is 2. The Morgan fingerprint density at radius 1 is 1.21 bits per heavy atom. The van der Waals surface area contributed by atoms with Crippen LogP contribution in [0.4, 0.5) is 11.4 Å². The molecule has 0 unspecified atom stereocenters. The molecule has 1 atom stereocenters. The van der Waals surface area contributed by atoms with Gasteiger partial charge in [-0.05, 0) is 44.5 Å². The summed E-state index contributed by atoms with van der Waals surface area (Å²) in [6.07, 6.45) is 0. The molecule has 10 heteroatoms. The number of sulfonamides is 1. The summed E-state index contributed by atoms with van der Waals surface area (Å²) in [6.45, 7) is 4.61. The number of anilines is 1. The first-order valence-corrected chi connectivity index (χ1v) is 9.77. The molecule has 0 heterocycles. The zero-order chi connectivity index (χ0) is 21.1. The van der Waals surface area contributed by atoms with Crippen molar-refractivity contribution in [3.8, 4) is 5.75 Å². The number of amides is 1. The van der Waals surface area contributed by atoms with Crippen molar-refractivity contribution in [3.63, 3.8) is 0 Å². The van der Waals surface area contributed by atoms with Gasteiger partial charge in [-0.2, -0.15) is 4.72 Å². The highest BCUT2D eigenvalue weighted by Crippen LogP contribution is 2.26. The van der Waals surface area contributed by atoms with E-state index < -0.39 is 26.9 Å². The van der Waals surface area contributed by atoms with Crippen molar-refractivity contribution in [2.45, 2.75) is 31.7 Å². The van der Waals surface area contributed by atoms with Crippen LogP contribution in [0.15, 0.2) is 41.3 Å². The number of carbonyl (C=O) groups is 1. The number of rotatable bonds is 7. The number of nitrogens with one attached hydrogen (secondary N) is 2. The fraction of sp³-hybridized carbons (Fsp3) is 0.278. The number of ether oxygens (including phenoxy) is 1. The van der Waals surface area contributed by atoms with Crippen LogP contribution in [0.2, 0.25) is 0 Å². The molecule has 0 aliphatic heterocycles. The number of nitro benzene ring substituents is 1. The van der Waals surface area contributed by atoms with Gasteiger partial charge in [-0.3, -0.25) is 14.9 Å². The van der Waals surface area contributed by atoms with Crippen LogP contribution in [0.1, 0.15) is 18.1 Å². The highest BCUT2D eigenvalue weighted by molar-refractivity contribution is 7.89. The Labute approximate surface area is 162 Å². The summed E-state index contributed by atoms with van der Waals surface area (Å²) >= 11 is 0. The maximum absolute atomic E-state index is 12.7. The summed E-state index contributed by atoms with van der Waals surface area (Å²) in [5.41, 5.74) is 1.08. The average molecular weight is 407 g/mol. The Balaban J connectivity index is 2.22. The highest BCUT2D eigenvalue weighted by Gasteiger charge is 2.26. The van der Waals surface area contributed by atoms with Crippen molar-refractivity contribution in [3.05, 3.63) is 57.6 Å². The summed E-state index contributed by atoms with van der Waals surface area (Å²) < 4.78 is 32.8. The lowest BCUT2D eigenvalue weighted by Gasteiger charge is -2.17. The van der Waals surface area contributed by atoms with E-state index in [1.54, 1.807) is 13.0 Å². The quantitative estimate of drug-likeness (QED) is 0.536. The smallest absolute Gasteiger partial charge is 0.274 e. The van der Waals surface area contributed by atoms with E-state index in [1.807, 2.05) is 0 Å². The molecule has 0 aliphatic rings. The van der Waals surface area contributed by atoms with Crippen LogP contribution in [-0.2, 0) is 14.8 Å². The van der Waals surface area contributed by atoms with Gasteiger partial charge in [-0.25, -0.2) is 8.42 Å². The lowest BCUT2D eigenvalue weighted by Crippen LogP contribution is -2.41. The summed E-state index contributed by atoms with van der Waals surface area (Å²) in [5, 5.41) is 13.5. The van der Waals surface area contributed by atoms with Crippen molar-refractivity contribution < 1.29 is 22.9 Å². The maximum Gasteiger partial charge on any atom is 0.274 e. The largest absolute Gasteiger partial charge is 0.495 e. The van der Waals surface area contributed by atoms with E-state index in [0.717, 1.165) is 0 Å². The molecule has 0 saturated heterocycles. The Morgan fingerprint density at radius 2 is 1.89 bits per heavy atom. The van der Waals surface area contributed by atoms with Gasteiger partial charge in [0, 0.05) is 6.07 Å². The average Bonchev–Trinajstić information content (AvgIpc) is 2.62. The van der Waals surface area contributed by atoms with E-state index in [9.17, 15) is 23.3 Å². The monoisotopic (exact) mass is 407 g/mol. The molecule has 150 valence electrons. The number of methoxy groups -OCH3 is 1. The molecule has 0 aliphatic carbocycles. The van der Waals surface area contributed by atoms with Gasteiger partial charge in [0.15, 0.2) is 0 Å². The van der Waals surface area contributed by atoms with Crippen LogP contribution < -0.4 is 14.8 Å². The van der Waals surface area contributed by atoms with E-state index in [4.69, 9.17) is 4.74 Å². The lowest BCUT2D eigenvalue weighted by atomic mass is 10.1. The van der Waals surface area contributed by atoms with Gasteiger partial charge in [0.05, 0.1) is 29.3 Å². The second-order valence-electron chi connectivity index (χ2n) is 6.19. The number of nitrogens with zero attached hydrogens (tertiary/aromatic N) is 1. The van der Waals surface area contributed by atoms with Crippen LogP contribution in [0.5, 0.6) is 5.75 Å². The molecular formula is C18H21N3O6S. The number of hydrogen-bond acceptors (Lipinski definition) is 6. The second kappa shape index (κ2) is 8.36. The highest BCUT2D eigenvalue weighted by atomic mass is 32.2. The second-order valence-corrected chi connectivity index (χ2v) is 7.88. The predicted molar refractivity (Wildman–Crippen MR) is 104 cm³/mol. The number of aryl methyl sites for hydroxylation is 1. The van der Waals surface area contributed by atoms with E-state index in [-0.39, 0.29) is 27.6 Å². The summed E-state index contributed by atoms with van der Waals surface area (Å²) in [6, 6.07) is 7.81. The summed E-state index contributed by atoms with van der Waals surface area (Å²) in [5.74, 6) is -0.501. The predicted octanol–water partition coefficient (Wildman–Crippen LogP) is 2.53. The molecule has 0 bridgehead atoms. The first-order valence-electron chi connectivity index (χ1n) is 8.28. The minimum absolute atomic E-state index is 0.0822. The van der Waals surface area contributed by atoms with Crippen LogP contribution in [-0.4, -0.2) is 32.4 Å². The van der Waals surface area contributed by atoms with Crippen LogP contribution in [0.25, 0.3) is 0 Å². The molecule has 0 aromatic heterocycles. The molecule has 2 N–H and O–H groups in total. The van der Waals surface area contributed by atoms with Crippen LogP contribution >= 0.6 is 0 Å². The summed E-state index contributed by atoms with van der Waals surface area (Å²) in [7, 11) is -2.69. The van der Waals surface area contributed by atoms with Crippen molar-refractivity contribution in [1.29, 1.82) is 0 Å². The fourth-order valence-electron chi connectivity index (χ4n) is 2.54. The zero-order valence-electron chi connectivity index (χ0n) is 15.8. The van der Waals surface area contributed by atoms with E-state index in [0.29, 0.717) is 5.56 Å². The van der Waals surface area contributed by atoms with Gasteiger partial charge in [-0.1, -0.05) is 12.1 Å². The fourth-order valence-corrected chi connectivity index (χ4v) is 4.00. The lowest BCUT2D eigenvalue weighted by molar-refractivity contribution is -0.385. The van der Waals surface area contributed by atoms with Crippen molar-refractivity contribution >= 4 is 27.3 Å². The maximum atomic E-state index is 12.7. The standard InChI is InChI=1S/C18H21N3O6S/c1-11-8-9-16(27-4)17(10-11)28(25,26)20-13(3)18(22)19-14-6-5-7-15(12(14)2)21(23)24/h5-10,13,20H,1-4H3,(H,19,22)/t13-/m0/s1. The Morgan fingerprint density at radius 3 is 2.50 bits per heavy atom. The molecule has 2 aromatic carbocycles. The SMILES string of the molecule is COc1ccc(C)cc1S(=O)(=O)N[C@@H](C)C(=O)Nc1cccc([N+](=O)[O-])c1C. The molecule has 0 saturated carbocycles. The van der Waals surface area contributed by atoms with Crippen LogP contribution in [0.3, 0.4) is 0 Å². The minimum Gasteiger partial charge on any atom is -0.495 e. The molecular weight excluding hydrogens is 386 g/mol. The number of nitro groups is 1. The third kappa shape index (κ3) is 4.65. The molecule has 9 nitrogen and oxygen atoms in total. The summed E-state index contributed by atoms with van der Waals surface area (Å²) in [4.78, 5) is 22.8. The molecule has 0 spiro atoms. The first-order chi connectivity index (χ1) is 13.1. The Kier molecular flexibility index (Phi) is 6.37. The van der Waals surface area contributed by atoms with Gasteiger partial charge < -0.3 is 10.1 Å². The van der Waals surface area contributed by atoms with Gasteiger partial charge in [0.2, 0.25) is 15.9 Å². The molecule has 28 heavy (non-hydrogen) atoms. The van der Waals surface area contributed by atoms with Gasteiger partial charge in [0.1, 0.15) is 10.6 Å². The van der Waals surface area contributed by atoms with Gasteiger partial charge in [-0.15, -0.1) is 0 Å². The van der Waals surface area contributed by atoms with Crippen molar-refractivity contribution in [1.82, 2.24) is 4.72 Å². The normalized spacial score (nSPS) is 12.3. The number of hydrogen-bond donors (Lipinski definition) is 2. The zero-order valence-corrected chi connectivity index (χ0v) is 16.7. The Bertz CT molecular complexity index is 1020. The van der Waals surface area contributed by atoms with Gasteiger partial charge >= 0.3 is 0 Å². The first kappa shape index (κ1) is 21.3. The van der Waals surface area contributed by atoms with Crippen LogP contribution in [0, 0.1) is 24.0 Å². The topological polar surface area (TPSA) is 128 Å².